The Morgan fingerprint density at radius 2 is 2.20 bits per heavy atom. The monoisotopic (exact) mass is 293 g/mol. The molecule has 0 fully saturated rings. The molecule has 1 atom stereocenters. The molecule has 0 spiro atoms. The Kier molecular flexibility index (Phi) is 5.78. The maximum atomic E-state index is 9.85. The van der Waals surface area contributed by atoms with Gasteiger partial charge in [0.15, 0.2) is 0 Å². The van der Waals surface area contributed by atoms with Gasteiger partial charge in [-0.2, -0.15) is 0 Å². The van der Waals surface area contributed by atoms with Crippen molar-refractivity contribution in [3.05, 3.63) is 20.8 Å². The summed E-state index contributed by atoms with van der Waals surface area (Å²) in [6, 6.07) is 3.88. The van der Waals surface area contributed by atoms with Crippen LogP contribution in [-0.2, 0) is 0 Å². The van der Waals surface area contributed by atoms with E-state index >= 15 is 0 Å². The highest BCUT2D eigenvalue weighted by Gasteiger charge is 2.10. The van der Waals surface area contributed by atoms with E-state index in [4.69, 9.17) is 5.11 Å². The number of likely N-dealkylation sites (N-methyl/N-ethyl adjacent to an activating group) is 1. The minimum absolute atomic E-state index is 0.164. The van der Waals surface area contributed by atoms with Crippen LogP contribution in [0, 0.1) is 0 Å². The van der Waals surface area contributed by atoms with Gasteiger partial charge in [0.25, 0.3) is 0 Å². The number of halogens is 1. The fraction of sp³-hybridized carbons (Fsp3) is 0.600. The van der Waals surface area contributed by atoms with Crippen LogP contribution in [0.1, 0.15) is 17.4 Å². The van der Waals surface area contributed by atoms with Gasteiger partial charge in [0.2, 0.25) is 0 Å². The van der Waals surface area contributed by atoms with E-state index in [2.05, 4.69) is 15.9 Å². The van der Waals surface area contributed by atoms with Gasteiger partial charge in [-0.05, 0) is 41.5 Å². The van der Waals surface area contributed by atoms with E-state index in [1.165, 1.54) is 0 Å². The molecular formula is C10H16BrNO2S. The van der Waals surface area contributed by atoms with E-state index in [-0.39, 0.29) is 6.61 Å². The van der Waals surface area contributed by atoms with E-state index in [9.17, 15) is 5.11 Å². The Hall–Kier alpha value is 0.0600. The van der Waals surface area contributed by atoms with Crippen LogP contribution in [0.4, 0.5) is 0 Å². The minimum atomic E-state index is -0.401. The molecule has 5 heteroatoms. The molecule has 86 valence electrons. The Morgan fingerprint density at radius 1 is 1.47 bits per heavy atom. The van der Waals surface area contributed by atoms with Gasteiger partial charge in [-0.15, -0.1) is 11.3 Å². The van der Waals surface area contributed by atoms with Crippen molar-refractivity contribution in [1.29, 1.82) is 0 Å². The second-order valence-corrected chi connectivity index (χ2v) is 5.97. The molecule has 0 amide bonds. The van der Waals surface area contributed by atoms with E-state index < -0.39 is 6.10 Å². The van der Waals surface area contributed by atoms with Crippen LogP contribution in [0.5, 0.6) is 0 Å². The smallest absolute Gasteiger partial charge is 0.0894 e. The molecule has 1 aromatic rings. The zero-order valence-corrected chi connectivity index (χ0v) is 11.1. The summed E-state index contributed by atoms with van der Waals surface area (Å²) in [6.45, 7) is 1.61. The third kappa shape index (κ3) is 4.61. The van der Waals surface area contributed by atoms with Gasteiger partial charge in [-0.3, -0.25) is 0 Å². The lowest BCUT2D eigenvalue weighted by molar-refractivity contribution is 0.144. The third-order valence-corrected chi connectivity index (χ3v) is 3.91. The van der Waals surface area contributed by atoms with Crippen molar-refractivity contribution in [3.63, 3.8) is 0 Å². The molecule has 0 aliphatic carbocycles. The lowest BCUT2D eigenvalue weighted by Crippen LogP contribution is -2.24. The summed E-state index contributed by atoms with van der Waals surface area (Å²) in [4.78, 5) is 2.99. The molecular weight excluding hydrogens is 278 g/mol. The fourth-order valence-electron chi connectivity index (χ4n) is 1.27. The predicted octanol–water partition coefficient (Wildman–Crippen LogP) is 1.86. The zero-order chi connectivity index (χ0) is 11.3. The summed E-state index contributed by atoms with van der Waals surface area (Å²) >= 11 is 4.93. The summed E-state index contributed by atoms with van der Waals surface area (Å²) in [5.41, 5.74) is 0. The highest BCUT2D eigenvalue weighted by Crippen LogP contribution is 2.28. The third-order valence-electron chi connectivity index (χ3n) is 2.19. The number of aliphatic hydroxyl groups is 2. The Labute approximate surface area is 102 Å². The van der Waals surface area contributed by atoms with E-state index in [0.717, 1.165) is 15.2 Å². The molecule has 1 heterocycles. The number of thiophene rings is 1. The van der Waals surface area contributed by atoms with Crippen molar-refractivity contribution >= 4 is 27.3 Å². The fourth-order valence-corrected chi connectivity index (χ4v) is 2.72. The molecule has 1 aromatic heterocycles. The Morgan fingerprint density at radius 3 is 2.73 bits per heavy atom. The molecule has 0 aliphatic heterocycles. The van der Waals surface area contributed by atoms with Crippen LogP contribution >= 0.6 is 27.3 Å². The Bertz CT molecular complexity index is 293. The number of rotatable bonds is 6. The minimum Gasteiger partial charge on any atom is -0.395 e. The first-order valence-corrected chi connectivity index (χ1v) is 6.47. The maximum absolute atomic E-state index is 9.85. The lowest BCUT2D eigenvalue weighted by atomic mass is 10.2. The quantitative estimate of drug-likeness (QED) is 0.841. The van der Waals surface area contributed by atoms with E-state index in [1.807, 2.05) is 24.1 Å². The molecule has 0 saturated heterocycles. The lowest BCUT2D eigenvalue weighted by Gasteiger charge is -2.16. The van der Waals surface area contributed by atoms with Crippen LogP contribution in [0.15, 0.2) is 15.9 Å². The normalized spacial score (nSPS) is 13.4. The van der Waals surface area contributed by atoms with Gasteiger partial charge in [0, 0.05) is 18.0 Å². The molecule has 0 aromatic carbocycles. The van der Waals surface area contributed by atoms with Crippen molar-refractivity contribution in [2.75, 3.05) is 26.7 Å². The van der Waals surface area contributed by atoms with Crippen LogP contribution in [-0.4, -0.2) is 41.9 Å². The van der Waals surface area contributed by atoms with Crippen LogP contribution in [0.25, 0.3) is 0 Å². The maximum Gasteiger partial charge on any atom is 0.0894 e. The number of hydrogen-bond donors (Lipinski definition) is 2. The molecule has 3 nitrogen and oxygen atoms in total. The van der Waals surface area contributed by atoms with Crippen LogP contribution < -0.4 is 0 Å². The van der Waals surface area contributed by atoms with Gasteiger partial charge in [-0.25, -0.2) is 0 Å². The first-order valence-electron chi connectivity index (χ1n) is 4.86. The van der Waals surface area contributed by atoms with Gasteiger partial charge < -0.3 is 15.1 Å². The van der Waals surface area contributed by atoms with Crippen molar-refractivity contribution in [1.82, 2.24) is 4.90 Å². The van der Waals surface area contributed by atoms with Gasteiger partial charge in [0.1, 0.15) is 0 Å². The highest BCUT2D eigenvalue weighted by atomic mass is 79.9. The molecule has 0 saturated carbocycles. The first-order chi connectivity index (χ1) is 7.13. The number of hydrogen-bond acceptors (Lipinski definition) is 4. The summed E-state index contributed by atoms with van der Waals surface area (Å²) in [6.07, 6.45) is 0.297. The summed E-state index contributed by atoms with van der Waals surface area (Å²) in [5.74, 6) is 0. The molecule has 15 heavy (non-hydrogen) atoms. The van der Waals surface area contributed by atoms with Crippen molar-refractivity contribution in [2.45, 2.75) is 12.5 Å². The number of nitrogens with zero attached hydrogens (tertiary/aromatic N) is 1. The van der Waals surface area contributed by atoms with Gasteiger partial charge in [0.05, 0.1) is 16.5 Å². The van der Waals surface area contributed by atoms with E-state index in [1.54, 1.807) is 11.3 Å². The van der Waals surface area contributed by atoms with Gasteiger partial charge >= 0.3 is 0 Å². The van der Waals surface area contributed by atoms with Crippen LogP contribution in [0.3, 0.4) is 0 Å². The molecule has 1 rings (SSSR count). The summed E-state index contributed by atoms with van der Waals surface area (Å²) < 4.78 is 1.04. The topological polar surface area (TPSA) is 43.7 Å². The molecule has 0 radical (unpaired) electrons. The molecule has 0 bridgehead atoms. The van der Waals surface area contributed by atoms with Crippen LogP contribution in [0.2, 0.25) is 0 Å². The Balaban J connectivity index is 2.33. The summed E-state index contributed by atoms with van der Waals surface area (Å²) in [5, 5.41) is 18.6. The van der Waals surface area contributed by atoms with E-state index in [0.29, 0.717) is 13.0 Å². The van der Waals surface area contributed by atoms with Gasteiger partial charge in [-0.1, -0.05) is 0 Å². The average Bonchev–Trinajstić information content (AvgIpc) is 2.62. The highest BCUT2D eigenvalue weighted by molar-refractivity contribution is 9.11. The largest absolute Gasteiger partial charge is 0.395 e. The molecule has 0 aliphatic rings. The SMILES string of the molecule is CN(CCO)CCC(O)c1ccc(Br)s1. The second-order valence-electron chi connectivity index (χ2n) is 3.47. The number of aliphatic hydroxyl groups excluding tert-OH is 2. The van der Waals surface area contributed by atoms with Crippen molar-refractivity contribution < 1.29 is 10.2 Å². The molecule has 2 N–H and O–H groups in total. The molecule has 1 unspecified atom stereocenters. The standard InChI is InChI=1S/C10H16BrNO2S/c1-12(6-7-13)5-4-8(14)9-2-3-10(11)15-9/h2-3,8,13-14H,4-7H2,1H3. The second kappa shape index (κ2) is 6.60. The predicted molar refractivity (Wildman–Crippen MR) is 66.2 cm³/mol. The zero-order valence-electron chi connectivity index (χ0n) is 8.69. The van der Waals surface area contributed by atoms with Crippen molar-refractivity contribution in [3.8, 4) is 0 Å². The summed E-state index contributed by atoms with van der Waals surface area (Å²) in [7, 11) is 1.94. The van der Waals surface area contributed by atoms with Crippen molar-refractivity contribution in [2.24, 2.45) is 0 Å². The average molecular weight is 294 g/mol. The first kappa shape index (κ1) is 13.1.